The third-order valence-electron chi connectivity index (χ3n) is 5.33. The molecule has 2 rings (SSSR count). The molecule has 178 valence electrons. The molecule has 2 N–H and O–H groups in total. The molecule has 0 spiro atoms. The lowest BCUT2D eigenvalue weighted by atomic mass is 10.0. The van der Waals surface area contributed by atoms with Gasteiger partial charge in [0.25, 0.3) is 5.91 Å². The van der Waals surface area contributed by atoms with E-state index in [-0.39, 0.29) is 17.4 Å². The van der Waals surface area contributed by atoms with Gasteiger partial charge in [0, 0.05) is 16.8 Å². The number of amides is 1. The highest BCUT2D eigenvalue weighted by molar-refractivity contribution is 6.05. The summed E-state index contributed by atoms with van der Waals surface area (Å²) in [7, 11) is 0. The highest BCUT2D eigenvalue weighted by Gasteiger charge is 2.31. The van der Waals surface area contributed by atoms with Crippen LogP contribution in [0.15, 0.2) is 24.3 Å². The zero-order valence-corrected chi connectivity index (χ0v) is 20.2. The Morgan fingerprint density at radius 3 is 2.12 bits per heavy atom. The van der Waals surface area contributed by atoms with Crippen LogP contribution in [0, 0.1) is 19.8 Å². The Bertz CT molecular complexity index is 1040. The molecule has 0 aliphatic carbocycles. The van der Waals surface area contributed by atoms with Crippen molar-refractivity contribution in [3.8, 4) is 5.75 Å². The number of carbonyl (C=O) groups is 4. The number of carbonyl (C=O) groups excluding carboxylic acids is 4. The molecule has 1 heterocycles. The monoisotopic (exact) mass is 456 g/mol. The summed E-state index contributed by atoms with van der Waals surface area (Å²) in [5, 5.41) is 2.69. The van der Waals surface area contributed by atoms with Gasteiger partial charge in [-0.25, -0.2) is 4.79 Å². The van der Waals surface area contributed by atoms with Crippen LogP contribution in [0.5, 0.6) is 5.75 Å². The van der Waals surface area contributed by atoms with Gasteiger partial charge in [0.1, 0.15) is 11.8 Å². The minimum absolute atomic E-state index is 0.151. The molecule has 1 amide bonds. The zero-order valence-electron chi connectivity index (χ0n) is 20.2. The van der Waals surface area contributed by atoms with E-state index in [1.807, 2.05) is 6.92 Å². The zero-order chi connectivity index (χ0) is 24.9. The number of aryl methyl sites for hydroxylation is 1. The molecule has 0 radical (unpaired) electrons. The Hall–Kier alpha value is -3.42. The van der Waals surface area contributed by atoms with Crippen LogP contribution < -0.4 is 10.1 Å². The first-order chi connectivity index (χ1) is 15.5. The number of hydrogen-bond acceptors (Lipinski definition) is 6. The predicted molar refractivity (Wildman–Crippen MR) is 124 cm³/mol. The Kier molecular flexibility index (Phi) is 8.56. The summed E-state index contributed by atoms with van der Waals surface area (Å²) in [6.07, 6.45) is -1.10. The van der Waals surface area contributed by atoms with E-state index < -0.39 is 29.8 Å². The lowest BCUT2D eigenvalue weighted by Crippen LogP contribution is -2.46. The molecular formula is C25H32N2O6. The highest BCUT2D eigenvalue weighted by Crippen LogP contribution is 2.21. The summed E-state index contributed by atoms with van der Waals surface area (Å²) in [6, 6.07) is 5.63. The average molecular weight is 457 g/mol. The lowest BCUT2D eigenvalue weighted by Gasteiger charge is -2.23. The largest absolute Gasteiger partial charge is 0.494 e. The number of benzene rings is 1. The highest BCUT2D eigenvalue weighted by atomic mass is 16.5. The molecule has 8 nitrogen and oxygen atoms in total. The molecule has 0 aliphatic rings. The first-order valence-corrected chi connectivity index (χ1v) is 11.0. The maximum Gasteiger partial charge on any atom is 0.329 e. The maximum absolute atomic E-state index is 12.9. The summed E-state index contributed by atoms with van der Waals surface area (Å²) in [4.78, 5) is 53.1. The number of H-pyrrole nitrogens is 1. The third kappa shape index (κ3) is 6.09. The molecule has 1 unspecified atom stereocenters. The van der Waals surface area contributed by atoms with Crippen LogP contribution in [0.4, 0.5) is 0 Å². The van der Waals surface area contributed by atoms with Crippen molar-refractivity contribution in [3.05, 3.63) is 52.3 Å². The van der Waals surface area contributed by atoms with E-state index in [2.05, 4.69) is 10.3 Å². The average Bonchev–Trinajstić information content (AvgIpc) is 3.05. The van der Waals surface area contributed by atoms with Gasteiger partial charge in [0.05, 0.1) is 12.3 Å². The van der Waals surface area contributed by atoms with E-state index in [1.165, 1.54) is 13.8 Å². The van der Waals surface area contributed by atoms with Crippen LogP contribution >= 0.6 is 0 Å². The van der Waals surface area contributed by atoms with Crippen LogP contribution in [0.2, 0.25) is 0 Å². The van der Waals surface area contributed by atoms with E-state index >= 15 is 0 Å². The van der Waals surface area contributed by atoms with Crippen molar-refractivity contribution < 1.29 is 28.7 Å². The summed E-state index contributed by atoms with van der Waals surface area (Å²) in [6.45, 7) is 12.2. The van der Waals surface area contributed by atoms with Gasteiger partial charge in [-0.2, -0.15) is 0 Å². The Morgan fingerprint density at radius 1 is 1.03 bits per heavy atom. The van der Waals surface area contributed by atoms with Crippen molar-refractivity contribution >= 4 is 23.4 Å². The minimum Gasteiger partial charge on any atom is -0.494 e. The van der Waals surface area contributed by atoms with Crippen molar-refractivity contribution in [1.29, 1.82) is 0 Å². The molecule has 0 saturated heterocycles. The smallest absolute Gasteiger partial charge is 0.329 e. The fourth-order valence-electron chi connectivity index (χ4n) is 3.62. The van der Waals surface area contributed by atoms with Gasteiger partial charge >= 0.3 is 5.97 Å². The third-order valence-corrected chi connectivity index (χ3v) is 5.33. The molecule has 1 aromatic carbocycles. The topological polar surface area (TPSA) is 115 Å². The fraction of sp³-hybridized carbons (Fsp3) is 0.440. The molecule has 0 bridgehead atoms. The van der Waals surface area contributed by atoms with E-state index in [1.54, 1.807) is 52.0 Å². The Morgan fingerprint density at radius 2 is 1.64 bits per heavy atom. The summed E-state index contributed by atoms with van der Waals surface area (Å²) in [5.74, 6) is -1.37. The molecule has 2 atom stereocenters. The van der Waals surface area contributed by atoms with Gasteiger partial charge in [0.2, 0.25) is 5.78 Å². The second-order valence-electron chi connectivity index (χ2n) is 8.28. The minimum atomic E-state index is -1.10. The summed E-state index contributed by atoms with van der Waals surface area (Å²) in [5.41, 5.74) is 2.18. The van der Waals surface area contributed by atoms with Gasteiger partial charge in [-0.1, -0.05) is 13.8 Å². The van der Waals surface area contributed by atoms with E-state index in [4.69, 9.17) is 9.47 Å². The van der Waals surface area contributed by atoms with Crippen molar-refractivity contribution in [1.82, 2.24) is 10.3 Å². The molecule has 0 aliphatic heterocycles. The number of ketones is 2. The molecule has 33 heavy (non-hydrogen) atoms. The molecule has 0 saturated carbocycles. The number of hydrogen-bond donors (Lipinski definition) is 2. The molecular weight excluding hydrogens is 424 g/mol. The standard InChI is InChI=1S/C25H32N2O6/c1-8-32-19-11-9-18(10-12-19)24(30)27-21(13(2)3)25(31)33-17(7)23(29)22-14(4)20(16(6)28)15(5)26-22/h9-13,17,21,26H,8H2,1-7H3,(H,27,30)/t17?,21-/m0/s1. The normalized spacial score (nSPS) is 12.7. The molecule has 0 fully saturated rings. The van der Waals surface area contributed by atoms with Crippen molar-refractivity contribution in [2.24, 2.45) is 5.92 Å². The number of aromatic amines is 1. The number of aromatic nitrogens is 1. The van der Waals surface area contributed by atoms with Gasteiger partial charge in [-0.3, -0.25) is 14.4 Å². The van der Waals surface area contributed by atoms with Crippen molar-refractivity contribution in [2.75, 3.05) is 6.61 Å². The van der Waals surface area contributed by atoms with Gasteiger partial charge in [-0.15, -0.1) is 0 Å². The number of nitrogens with one attached hydrogen (secondary N) is 2. The van der Waals surface area contributed by atoms with Crippen molar-refractivity contribution in [2.45, 2.75) is 60.6 Å². The summed E-state index contributed by atoms with van der Waals surface area (Å²) < 4.78 is 10.8. The molecule has 8 heteroatoms. The van der Waals surface area contributed by atoms with E-state index in [0.717, 1.165) is 0 Å². The van der Waals surface area contributed by atoms with Crippen LogP contribution in [-0.4, -0.2) is 47.2 Å². The fourth-order valence-corrected chi connectivity index (χ4v) is 3.62. The maximum atomic E-state index is 12.9. The molecule has 2 aromatic rings. The number of Topliss-reactive ketones (excluding diaryl/α,β-unsaturated/α-hetero) is 2. The van der Waals surface area contributed by atoms with Crippen LogP contribution in [0.3, 0.4) is 0 Å². The van der Waals surface area contributed by atoms with Crippen LogP contribution in [0.1, 0.15) is 77.1 Å². The second-order valence-corrected chi connectivity index (χ2v) is 8.28. The van der Waals surface area contributed by atoms with Gasteiger partial charge in [-0.05, 0) is 70.4 Å². The van der Waals surface area contributed by atoms with E-state index in [9.17, 15) is 19.2 Å². The lowest BCUT2D eigenvalue weighted by molar-refractivity contribution is -0.149. The van der Waals surface area contributed by atoms with Gasteiger partial charge < -0.3 is 19.8 Å². The first-order valence-electron chi connectivity index (χ1n) is 11.0. The Labute approximate surface area is 194 Å². The number of rotatable bonds is 10. The summed E-state index contributed by atoms with van der Waals surface area (Å²) >= 11 is 0. The first kappa shape index (κ1) is 25.8. The Balaban J connectivity index is 2.11. The number of esters is 1. The van der Waals surface area contributed by atoms with Crippen LogP contribution in [0.25, 0.3) is 0 Å². The van der Waals surface area contributed by atoms with Crippen molar-refractivity contribution in [3.63, 3.8) is 0 Å². The SMILES string of the molecule is CCOc1ccc(C(=O)N[C@H](C(=O)OC(C)C(=O)c2[nH]c(C)c(C(C)=O)c2C)C(C)C)cc1. The van der Waals surface area contributed by atoms with Crippen LogP contribution in [-0.2, 0) is 9.53 Å². The predicted octanol–water partition coefficient (Wildman–Crippen LogP) is 3.80. The van der Waals surface area contributed by atoms with E-state index in [0.29, 0.717) is 34.7 Å². The quantitative estimate of drug-likeness (QED) is 0.415. The van der Waals surface area contributed by atoms with Gasteiger partial charge in [0.15, 0.2) is 11.9 Å². The second kappa shape index (κ2) is 10.9. The molecule has 1 aromatic heterocycles. The number of ether oxygens (including phenoxy) is 2.